The van der Waals surface area contributed by atoms with E-state index in [1.54, 1.807) is 25.3 Å². The van der Waals surface area contributed by atoms with Crippen LogP contribution in [0.25, 0.3) is 5.82 Å². The third-order valence-electron chi connectivity index (χ3n) is 3.74. The van der Waals surface area contributed by atoms with Gasteiger partial charge in [-0.2, -0.15) is 9.78 Å². The molecular weight excluding hydrogens is 384 g/mol. The molecule has 152 valence electrons. The smallest absolute Gasteiger partial charge is 0.293 e. The molecule has 13 nitrogen and oxygen atoms in total. The summed E-state index contributed by atoms with van der Waals surface area (Å²) in [5, 5.41) is 18.8. The van der Waals surface area contributed by atoms with Crippen LogP contribution in [0.15, 0.2) is 27.9 Å². The van der Waals surface area contributed by atoms with Crippen molar-refractivity contribution in [3.05, 3.63) is 35.2 Å². The Hall–Kier alpha value is -4.00. The number of nitrogens with zero attached hydrogens (tertiary/aromatic N) is 6. The number of hydrogen-bond donors (Lipinski definition) is 2. The van der Waals surface area contributed by atoms with Crippen LogP contribution < -0.4 is 20.6 Å². The minimum Gasteiger partial charge on any atom is -0.493 e. The molecular formula is C16H18N8O5. The van der Waals surface area contributed by atoms with E-state index in [1.807, 2.05) is 0 Å². The number of ether oxygens (including phenoxy) is 3. The summed E-state index contributed by atoms with van der Waals surface area (Å²) in [6, 6.07) is 5.19. The van der Waals surface area contributed by atoms with Gasteiger partial charge in [0.1, 0.15) is 5.69 Å². The highest BCUT2D eigenvalue weighted by Gasteiger charge is 2.23. The van der Waals surface area contributed by atoms with Crippen LogP contribution >= 0.6 is 0 Å². The largest absolute Gasteiger partial charge is 0.493 e. The van der Waals surface area contributed by atoms with E-state index >= 15 is 0 Å². The van der Waals surface area contributed by atoms with Crippen molar-refractivity contribution in [2.24, 2.45) is 5.10 Å². The fourth-order valence-corrected chi connectivity index (χ4v) is 2.40. The third kappa shape index (κ3) is 4.14. The monoisotopic (exact) mass is 402 g/mol. The number of benzene rings is 1. The molecule has 0 aliphatic carbocycles. The lowest BCUT2D eigenvalue weighted by atomic mass is 10.2. The molecule has 0 atom stereocenters. The first-order valence-electron chi connectivity index (χ1n) is 8.16. The predicted molar refractivity (Wildman–Crippen MR) is 98.9 cm³/mol. The van der Waals surface area contributed by atoms with Gasteiger partial charge in [-0.3, -0.25) is 4.79 Å². The van der Waals surface area contributed by atoms with Gasteiger partial charge in [0.25, 0.3) is 5.91 Å². The molecule has 0 spiro atoms. The van der Waals surface area contributed by atoms with E-state index in [9.17, 15) is 4.79 Å². The van der Waals surface area contributed by atoms with Crippen molar-refractivity contribution in [3.63, 3.8) is 0 Å². The first kappa shape index (κ1) is 19.8. The third-order valence-corrected chi connectivity index (χ3v) is 3.74. The molecule has 13 heteroatoms. The minimum absolute atomic E-state index is 0.00862. The SMILES string of the molecule is COCc1c(C(=O)NN=Cc2ccc(OC)c(OC)c2)nnn1-c1nonc1N. The summed E-state index contributed by atoms with van der Waals surface area (Å²) < 4.78 is 21.3. The fraction of sp³-hybridized carbons (Fsp3) is 0.250. The average Bonchev–Trinajstić information content (AvgIpc) is 3.33. The summed E-state index contributed by atoms with van der Waals surface area (Å²) in [7, 11) is 4.52. The molecule has 1 aromatic carbocycles. The van der Waals surface area contributed by atoms with Crippen LogP contribution in [-0.4, -0.2) is 58.8 Å². The highest BCUT2D eigenvalue weighted by Crippen LogP contribution is 2.26. The Kier molecular flexibility index (Phi) is 5.99. The van der Waals surface area contributed by atoms with Gasteiger partial charge in [-0.1, -0.05) is 5.21 Å². The van der Waals surface area contributed by atoms with E-state index in [0.29, 0.717) is 22.8 Å². The Balaban J connectivity index is 1.78. The zero-order chi connectivity index (χ0) is 20.8. The van der Waals surface area contributed by atoms with Crippen LogP contribution in [0.3, 0.4) is 0 Å². The molecule has 0 saturated carbocycles. The number of carbonyl (C=O) groups is 1. The van der Waals surface area contributed by atoms with Gasteiger partial charge in [0, 0.05) is 7.11 Å². The van der Waals surface area contributed by atoms with E-state index in [2.05, 4.69) is 35.8 Å². The number of rotatable bonds is 8. The van der Waals surface area contributed by atoms with Crippen LogP contribution in [-0.2, 0) is 11.3 Å². The van der Waals surface area contributed by atoms with Gasteiger partial charge in [-0.25, -0.2) is 10.1 Å². The van der Waals surface area contributed by atoms with Crippen molar-refractivity contribution < 1.29 is 23.6 Å². The van der Waals surface area contributed by atoms with Crippen LogP contribution in [0.1, 0.15) is 21.7 Å². The molecule has 0 saturated heterocycles. The van der Waals surface area contributed by atoms with Gasteiger partial charge >= 0.3 is 0 Å². The van der Waals surface area contributed by atoms with Crippen LogP contribution in [0.2, 0.25) is 0 Å². The maximum Gasteiger partial charge on any atom is 0.293 e. The van der Waals surface area contributed by atoms with Crippen molar-refractivity contribution in [1.29, 1.82) is 0 Å². The molecule has 0 bridgehead atoms. The molecule has 0 radical (unpaired) electrons. The molecule has 2 aromatic heterocycles. The minimum atomic E-state index is -0.602. The predicted octanol–water partition coefficient (Wildman–Crippen LogP) is 0.160. The number of nitrogens with two attached hydrogens (primary N) is 1. The van der Waals surface area contributed by atoms with Gasteiger partial charge in [-0.15, -0.1) is 5.10 Å². The molecule has 0 unspecified atom stereocenters. The Bertz CT molecular complexity index is 1030. The average molecular weight is 402 g/mol. The quantitative estimate of drug-likeness (QED) is 0.391. The lowest BCUT2D eigenvalue weighted by Gasteiger charge is -2.07. The second-order valence-corrected chi connectivity index (χ2v) is 5.52. The van der Waals surface area contributed by atoms with Gasteiger partial charge in [0.15, 0.2) is 17.2 Å². The van der Waals surface area contributed by atoms with E-state index in [-0.39, 0.29) is 23.9 Å². The number of anilines is 1. The number of methoxy groups -OCH3 is 3. The van der Waals surface area contributed by atoms with Crippen LogP contribution in [0.4, 0.5) is 5.82 Å². The fourth-order valence-electron chi connectivity index (χ4n) is 2.40. The number of hydrogen-bond acceptors (Lipinski definition) is 11. The second kappa shape index (κ2) is 8.79. The standard InChI is InChI=1S/C16H18N8O5/c1-26-8-10-13(19-23-24(10)15-14(17)21-29-22-15)16(25)20-18-7-9-4-5-11(27-2)12(6-9)28-3/h4-7H,8H2,1-3H3,(H2,17,21)(H,20,25). The Morgan fingerprint density at radius 3 is 2.72 bits per heavy atom. The molecule has 1 amide bonds. The first-order chi connectivity index (χ1) is 14.1. The number of aromatic nitrogens is 5. The zero-order valence-electron chi connectivity index (χ0n) is 15.8. The normalized spacial score (nSPS) is 11.0. The van der Waals surface area contributed by atoms with Gasteiger partial charge in [0.2, 0.25) is 11.6 Å². The highest BCUT2D eigenvalue weighted by atomic mass is 16.6. The van der Waals surface area contributed by atoms with Gasteiger partial charge in [0.05, 0.1) is 27.0 Å². The van der Waals surface area contributed by atoms with Gasteiger partial charge < -0.3 is 19.9 Å². The maximum atomic E-state index is 12.5. The van der Waals surface area contributed by atoms with Gasteiger partial charge in [-0.05, 0) is 34.1 Å². The first-order valence-corrected chi connectivity index (χ1v) is 8.16. The molecule has 0 aliphatic rings. The Morgan fingerprint density at radius 1 is 1.28 bits per heavy atom. The van der Waals surface area contributed by atoms with Crippen molar-refractivity contribution in [1.82, 2.24) is 30.7 Å². The number of carbonyl (C=O) groups excluding carboxylic acids is 1. The van der Waals surface area contributed by atoms with E-state index < -0.39 is 5.91 Å². The molecule has 3 N–H and O–H groups in total. The molecule has 3 aromatic rings. The van der Waals surface area contributed by atoms with E-state index in [1.165, 1.54) is 25.1 Å². The lowest BCUT2D eigenvalue weighted by Crippen LogP contribution is -2.20. The Labute approximate surface area is 164 Å². The summed E-state index contributed by atoms with van der Waals surface area (Å²) in [4.78, 5) is 12.5. The Morgan fingerprint density at radius 2 is 2.07 bits per heavy atom. The summed E-state index contributed by atoms with van der Waals surface area (Å²) in [6.45, 7) is 0.0153. The molecule has 3 rings (SSSR count). The molecule has 0 aliphatic heterocycles. The summed E-state index contributed by atoms with van der Waals surface area (Å²) in [5.41, 5.74) is 9.02. The number of nitrogens with one attached hydrogen (secondary N) is 1. The number of amides is 1. The zero-order valence-corrected chi connectivity index (χ0v) is 15.8. The van der Waals surface area contributed by atoms with Crippen molar-refractivity contribution in [2.75, 3.05) is 27.1 Å². The van der Waals surface area contributed by atoms with Crippen molar-refractivity contribution >= 4 is 17.9 Å². The molecule has 2 heterocycles. The van der Waals surface area contributed by atoms with Crippen LogP contribution in [0, 0.1) is 0 Å². The van der Waals surface area contributed by atoms with Crippen LogP contribution in [0.5, 0.6) is 11.5 Å². The highest BCUT2D eigenvalue weighted by molar-refractivity contribution is 5.94. The van der Waals surface area contributed by atoms with Crippen molar-refractivity contribution in [2.45, 2.75) is 6.61 Å². The summed E-state index contributed by atoms with van der Waals surface area (Å²) in [6.07, 6.45) is 1.44. The topological polar surface area (TPSA) is 165 Å². The number of nitrogen functional groups attached to an aromatic ring is 1. The molecule has 29 heavy (non-hydrogen) atoms. The van der Waals surface area contributed by atoms with Crippen molar-refractivity contribution in [3.8, 4) is 17.3 Å². The lowest BCUT2D eigenvalue weighted by molar-refractivity contribution is 0.0944. The molecule has 0 fully saturated rings. The second-order valence-electron chi connectivity index (χ2n) is 5.52. The van der Waals surface area contributed by atoms with E-state index in [4.69, 9.17) is 19.9 Å². The maximum absolute atomic E-state index is 12.5. The number of hydrazone groups is 1. The summed E-state index contributed by atoms with van der Waals surface area (Å²) >= 11 is 0. The summed E-state index contributed by atoms with van der Waals surface area (Å²) in [5.74, 6) is 0.598. The van der Waals surface area contributed by atoms with E-state index in [0.717, 1.165) is 0 Å².